The molecule has 19 heavy (non-hydrogen) atoms. The molecule has 0 aromatic heterocycles. The highest BCUT2D eigenvalue weighted by molar-refractivity contribution is 5.82. The molecular weight excluding hydrogens is 248 g/mol. The third-order valence-electron chi connectivity index (χ3n) is 3.38. The molecule has 110 valence electrons. The Hall–Kier alpha value is -1.14. The van der Waals surface area contributed by atoms with Crippen LogP contribution in [0.1, 0.15) is 20.8 Å². The van der Waals surface area contributed by atoms with Crippen LogP contribution in [-0.2, 0) is 19.1 Å². The molecule has 1 aliphatic rings. The largest absolute Gasteiger partial charge is 0.468 e. The Morgan fingerprint density at radius 3 is 2.32 bits per heavy atom. The van der Waals surface area contributed by atoms with Crippen LogP contribution in [-0.4, -0.2) is 73.7 Å². The van der Waals surface area contributed by atoms with E-state index in [1.54, 1.807) is 4.90 Å². The van der Waals surface area contributed by atoms with Crippen molar-refractivity contribution in [3.63, 3.8) is 0 Å². The molecule has 1 atom stereocenters. The lowest BCUT2D eigenvalue weighted by Gasteiger charge is -2.35. The maximum Gasteiger partial charge on any atom is 0.319 e. The van der Waals surface area contributed by atoms with Crippen molar-refractivity contribution in [2.45, 2.75) is 32.9 Å². The number of ether oxygens (including phenoxy) is 2. The van der Waals surface area contributed by atoms with Crippen molar-refractivity contribution in [3.05, 3.63) is 0 Å². The van der Waals surface area contributed by atoms with Gasteiger partial charge in [-0.05, 0) is 20.8 Å². The zero-order chi connectivity index (χ0) is 14.4. The van der Waals surface area contributed by atoms with Crippen LogP contribution in [0.15, 0.2) is 0 Å². The van der Waals surface area contributed by atoms with Crippen molar-refractivity contribution in [2.75, 3.05) is 40.0 Å². The molecule has 0 radical (unpaired) electrons. The Morgan fingerprint density at radius 2 is 1.84 bits per heavy atom. The van der Waals surface area contributed by atoms with E-state index < -0.39 is 0 Å². The van der Waals surface area contributed by atoms with Gasteiger partial charge in [-0.3, -0.25) is 14.5 Å². The summed E-state index contributed by atoms with van der Waals surface area (Å²) in [4.78, 5) is 27.5. The number of hydrogen-bond acceptors (Lipinski definition) is 5. The molecular formula is C13H24N2O4. The Kier molecular flexibility index (Phi) is 6.24. The monoisotopic (exact) mass is 272 g/mol. The van der Waals surface area contributed by atoms with Crippen LogP contribution < -0.4 is 0 Å². The minimum Gasteiger partial charge on any atom is -0.468 e. The first-order valence-corrected chi connectivity index (χ1v) is 6.66. The van der Waals surface area contributed by atoms with E-state index in [1.807, 2.05) is 25.7 Å². The summed E-state index contributed by atoms with van der Waals surface area (Å²) in [5, 5.41) is 0. The first kappa shape index (κ1) is 15.9. The van der Waals surface area contributed by atoms with E-state index in [0.29, 0.717) is 26.3 Å². The number of esters is 1. The summed E-state index contributed by atoms with van der Waals surface area (Å²) < 4.78 is 9.92. The fraction of sp³-hybridized carbons (Fsp3) is 0.846. The van der Waals surface area contributed by atoms with E-state index in [9.17, 15) is 9.59 Å². The van der Waals surface area contributed by atoms with Crippen LogP contribution in [0, 0.1) is 0 Å². The zero-order valence-electron chi connectivity index (χ0n) is 12.2. The van der Waals surface area contributed by atoms with Gasteiger partial charge in [0, 0.05) is 19.1 Å². The van der Waals surface area contributed by atoms with Gasteiger partial charge in [-0.15, -0.1) is 0 Å². The van der Waals surface area contributed by atoms with Gasteiger partial charge in [0.15, 0.2) is 0 Å². The summed E-state index contributed by atoms with van der Waals surface area (Å²) in [6.45, 7) is 8.29. The number of hydrogen-bond donors (Lipinski definition) is 0. The van der Waals surface area contributed by atoms with Gasteiger partial charge in [0.2, 0.25) is 5.91 Å². The molecule has 1 fully saturated rings. The average Bonchev–Trinajstić information content (AvgIpc) is 2.43. The summed E-state index contributed by atoms with van der Waals surface area (Å²) in [5.74, 6) is -0.281. The predicted octanol–water partition coefficient (Wildman–Crippen LogP) is 0.117. The fourth-order valence-corrected chi connectivity index (χ4v) is 2.17. The molecule has 6 nitrogen and oxygen atoms in total. The highest BCUT2D eigenvalue weighted by Gasteiger charge is 2.30. The first-order valence-electron chi connectivity index (χ1n) is 6.66. The molecule has 0 bridgehead atoms. The van der Waals surface area contributed by atoms with Crippen molar-refractivity contribution in [3.8, 4) is 0 Å². The van der Waals surface area contributed by atoms with Gasteiger partial charge in [-0.2, -0.15) is 0 Å². The van der Waals surface area contributed by atoms with Gasteiger partial charge in [0.25, 0.3) is 0 Å². The second-order valence-corrected chi connectivity index (χ2v) is 4.96. The number of rotatable bonds is 5. The van der Waals surface area contributed by atoms with Crippen LogP contribution in [0.5, 0.6) is 0 Å². The van der Waals surface area contributed by atoms with Gasteiger partial charge >= 0.3 is 5.97 Å². The fourth-order valence-electron chi connectivity index (χ4n) is 2.17. The lowest BCUT2D eigenvalue weighted by Crippen LogP contribution is -2.53. The standard InChI is InChI=1S/C13H24N2O4/c1-10(2)15(9-12(16)18-4)11(3)13(17)14-5-7-19-8-6-14/h10-11H,5-9H2,1-4H3. The lowest BCUT2D eigenvalue weighted by atomic mass is 10.2. The van der Waals surface area contributed by atoms with Crippen molar-refractivity contribution in [1.29, 1.82) is 0 Å². The molecule has 1 heterocycles. The molecule has 0 aromatic carbocycles. The van der Waals surface area contributed by atoms with Crippen LogP contribution >= 0.6 is 0 Å². The second kappa shape index (κ2) is 7.45. The van der Waals surface area contributed by atoms with E-state index in [1.165, 1.54) is 7.11 Å². The summed E-state index contributed by atoms with van der Waals surface area (Å²) in [6.07, 6.45) is 0. The van der Waals surface area contributed by atoms with E-state index in [-0.39, 0.29) is 30.5 Å². The summed E-state index contributed by atoms with van der Waals surface area (Å²) >= 11 is 0. The number of morpholine rings is 1. The second-order valence-electron chi connectivity index (χ2n) is 4.96. The van der Waals surface area contributed by atoms with Gasteiger partial charge in [0.05, 0.1) is 32.9 Å². The van der Waals surface area contributed by atoms with Crippen molar-refractivity contribution in [2.24, 2.45) is 0 Å². The maximum atomic E-state index is 12.4. The molecule has 1 saturated heterocycles. The Morgan fingerprint density at radius 1 is 1.26 bits per heavy atom. The smallest absolute Gasteiger partial charge is 0.319 e. The third-order valence-corrected chi connectivity index (χ3v) is 3.38. The average molecular weight is 272 g/mol. The molecule has 6 heteroatoms. The summed E-state index contributed by atoms with van der Waals surface area (Å²) in [6, 6.07) is -0.240. The maximum absolute atomic E-state index is 12.4. The Labute approximate surface area is 114 Å². The topological polar surface area (TPSA) is 59.1 Å². The Bertz CT molecular complexity index is 314. The molecule has 0 spiro atoms. The van der Waals surface area contributed by atoms with Crippen molar-refractivity contribution >= 4 is 11.9 Å². The molecule has 1 amide bonds. The minimum absolute atomic E-state index is 0.0425. The van der Waals surface area contributed by atoms with E-state index >= 15 is 0 Å². The molecule has 1 aliphatic heterocycles. The van der Waals surface area contributed by atoms with Crippen molar-refractivity contribution < 1.29 is 19.1 Å². The normalized spacial score (nSPS) is 17.7. The molecule has 0 aromatic rings. The van der Waals surface area contributed by atoms with E-state index in [0.717, 1.165) is 0 Å². The highest BCUT2D eigenvalue weighted by atomic mass is 16.5. The first-order chi connectivity index (χ1) is 8.97. The van der Waals surface area contributed by atoms with Gasteiger partial charge in [-0.1, -0.05) is 0 Å². The van der Waals surface area contributed by atoms with E-state index in [4.69, 9.17) is 4.74 Å². The lowest BCUT2D eigenvalue weighted by molar-refractivity contribution is -0.147. The van der Waals surface area contributed by atoms with Gasteiger partial charge in [0.1, 0.15) is 0 Å². The molecule has 1 rings (SSSR count). The van der Waals surface area contributed by atoms with Gasteiger partial charge < -0.3 is 14.4 Å². The summed E-state index contributed by atoms with van der Waals surface area (Å²) in [5.41, 5.74) is 0. The minimum atomic E-state index is -0.336. The number of carbonyl (C=O) groups excluding carboxylic acids is 2. The SMILES string of the molecule is COC(=O)CN(C(C)C)C(C)C(=O)N1CCOCC1. The zero-order valence-corrected chi connectivity index (χ0v) is 12.2. The molecule has 0 N–H and O–H groups in total. The number of carbonyl (C=O) groups is 2. The number of nitrogens with zero attached hydrogens (tertiary/aromatic N) is 2. The number of methoxy groups -OCH3 is 1. The predicted molar refractivity (Wildman–Crippen MR) is 70.7 cm³/mol. The molecule has 0 saturated carbocycles. The van der Waals surface area contributed by atoms with Crippen LogP contribution in [0.25, 0.3) is 0 Å². The Balaban J connectivity index is 2.66. The quantitative estimate of drug-likeness (QED) is 0.665. The van der Waals surface area contributed by atoms with E-state index in [2.05, 4.69) is 4.74 Å². The van der Waals surface area contributed by atoms with Crippen LogP contribution in [0.4, 0.5) is 0 Å². The van der Waals surface area contributed by atoms with Crippen LogP contribution in [0.2, 0.25) is 0 Å². The molecule has 1 unspecified atom stereocenters. The number of amides is 1. The highest BCUT2D eigenvalue weighted by Crippen LogP contribution is 2.10. The van der Waals surface area contributed by atoms with Gasteiger partial charge in [-0.25, -0.2) is 0 Å². The third kappa shape index (κ3) is 4.47. The van der Waals surface area contributed by atoms with Crippen molar-refractivity contribution in [1.82, 2.24) is 9.80 Å². The molecule has 0 aliphatic carbocycles. The van der Waals surface area contributed by atoms with Crippen LogP contribution in [0.3, 0.4) is 0 Å². The summed E-state index contributed by atoms with van der Waals surface area (Å²) in [7, 11) is 1.36.